The highest BCUT2D eigenvalue weighted by Gasteiger charge is 2.10. The van der Waals surface area contributed by atoms with Gasteiger partial charge in [0, 0.05) is 41.3 Å². The van der Waals surface area contributed by atoms with E-state index in [1.807, 2.05) is 50.2 Å². The van der Waals surface area contributed by atoms with Crippen molar-refractivity contribution >= 4 is 17.3 Å². The predicted octanol–water partition coefficient (Wildman–Crippen LogP) is 4.57. The molecule has 25 heavy (non-hydrogen) atoms. The SMILES string of the molecule is CC(C)Nc1cc(Nc2ccncc2CF)nc(-c2ccccc2)n1. The fraction of sp³-hybridized carbons (Fsp3) is 0.211. The fourth-order valence-corrected chi connectivity index (χ4v) is 2.39. The Balaban J connectivity index is 2.00. The molecule has 0 spiro atoms. The van der Waals surface area contributed by atoms with E-state index in [4.69, 9.17) is 0 Å². The number of pyridine rings is 1. The number of nitrogens with one attached hydrogen (secondary N) is 2. The topological polar surface area (TPSA) is 62.7 Å². The molecule has 0 saturated heterocycles. The van der Waals surface area contributed by atoms with Crippen molar-refractivity contribution in [1.29, 1.82) is 0 Å². The average Bonchev–Trinajstić information content (AvgIpc) is 2.62. The molecule has 2 N–H and O–H groups in total. The maximum absolute atomic E-state index is 13.2. The smallest absolute Gasteiger partial charge is 0.163 e. The van der Waals surface area contributed by atoms with Gasteiger partial charge in [-0.1, -0.05) is 30.3 Å². The van der Waals surface area contributed by atoms with Crippen molar-refractivity contribution in [2.75, 3.05) is 10.6 Å². The second kappa shape index (κ2) is 7.70. The lowest BCUT2D eigenvalue weighted by Crippen LogP contribution is -2.12. The molecule has 0 aliphatic carbocycles. The zero-order valence-corrected chi connectivity index (χ0v) is 14.2. The fourth-order valence-electron chi connectivity index (χ4n) is 2.39. The van der Waals surface area contributed by atoms with E-state index in [9.17, 15) is 4.39 Å². The van der Waals surface area contributed by atoms with Gasteiger partial charge in [-0.15, -0.1) is 0 Å². The van der Waals surface area contributed by atoms with E-state index in [0.29, 0.717) is 28.7 Å². The van der Waals surface area contributed by atoms with E-state index in [2.05, 4.69) is 25.6 Å². The molecule has 0 unspecified atom stereocenters. The molecule has 3 rings (SSSR count). The van der Waals surface area contributed by atoms with E-state index >= 15 is 0 Å². The number of anilines is 3. The van der Waals surface area contributed by atoms with Crippen molar-refractivity contribution in [3.63, 3.8) is 0 Å². The first kappa shape index (κ1) is 16.8. The lowest BCUT2D eigenvalue weighted by Gasteiger charge is -2.14. The number of hydrogen-bond donors (Lipinski definition) is 2. The number of alkyl halides is 1. The maximum Gasteiger partial charge on any atom is 0.163 e. The molecule has 1 aromatic carbocycles. The highest BCUT2D eigenvalue weighted by molar-refractivity contribution is 5.66. The first-order valence-corrected chi connectivity index (χ1v) is 8.12. The number of hydrogen-bond acceptors (Lipinski definition) is 5. The lowest BCUT2D eigenvalue weighted by molar-refractivity contribution is 0.485. The number of halogens is 1. The summed E-state index contributed by atoms with van der Waals surface area (Å²) in [6.07, 6.45) is 3.13. The Bertz CT molecular complexity index is 836. The predicted molar refractivity (Wildman–Crippen MR) is 98.6 cm³/mol. The molecule has 2 aromatic heterocycles. The summed E-state index contributed by atoms with van der Waals surface area (Å²) in [5.41, 5.74) is 2.05. The van der Waals surface area contributed by atoms with Crippen molar-refractivity contribution in [2.24, 2.45) is 0 Å². The van der Waals surface area contributed by atoms with Crippen LogP contribution in [0, 0.1) is 0 Å². The molecule has 0 bridgehead atoms. The van der Waals surface area contributed by atoms with Crippen LogP contribution in [-0.2, 0) is 6.67 Å². The van der Waals surface area contributed by atoms with Crippen LogP contribution < -0.4 is 10.6 Å². The second-order valence-corrected chi connectivity index (χ2v) is 5.92. The van der Waals surface area contributed by atoms with E-state index in [1.54, 1.807) is 12.3 Å². The second-order valence-electron chi connectivity index (χ2n) is 5.92. The number of aromatic nitrogens is 3. The summed E-state index contributed by atoms with van der Waals surface area (Å²) >= 11 is 0. The van der Waals surface area contributed by atoms with Crippen LogP contribution in [-0.4, -0.2) is 21.0 Å². The minimum absolute atomic E-state index is 0.230. The van der Waals surface area contributed by atoms with Crippen LogP contribution in [0.15, 0.2) is 54.9 Å². The third-order valence-corrected chi connectivity index (χ3v) is 3.50. The largest absolute Gasteiger partial charge is 0.368 e. The Kier molecular flexibility index (Phi) is 5.18. The number of nitrogens with zero attached hydrogens (tertiary/aromatic N) is 3. The van der Waals surface area contributed by atoms with Crippen molar-refractivity contribution in [3.8, 4) is 11.4 Å². The molecule has 0 aliphatic rings. The van der Waals surface area contributed by atoms with Crippen LogP contribution >= 0.6 is 0 Å². The molecule has 3 aromatic rings. The number of rotatable bonds is 6. The van der Waals surface area contributed by atoms with Gasteiger partial charge in [0.15, 0.2) is 5.82 Å². The minimum atomic E-state index is -0.593. The summed E-state index contributed by atoms with van der Waals surface area (Å²) in [6.45, 7) is 3.49. The van der Waals surface area contributed by atoms with Crippen LogP contribution in [0.4, 0.5) is 21.7 Å². The Morgan fingerprint density at radius 1 is 1.04 bits per heavy atom. The molecule has 0 saturated carbocycles. The van der Waals surface area contributed by atoms with Gasteiger partial charge in [-0.3, -0.25) is 4.98 Å². The van der Waals surface area contributed by atoms with Crippen molar-refractivity contribution in [3.05, 3.63) is 60.4 Å². The van der Waals surface area contributed by atoms with Crippen LogP contribution in [0.25, 0.3) is 11.4 Å². The van der Waals surface area contributed by atoms with Crippen molar-refractivity contribution in [2.45, 2.75) is 26.6 Å². The first-order valence-electron chi connectivity index (χ1n) is 8.12. The molecule has 0 atom stereocenters. The van der Waals surface area contributed by atoms with Crippen molar-refractivity contribution in [1.82, 2.24) is 15.0 Å². The Morgan fingerprint density at radius 2 is 1.80 bits per heavy atom. The average molecular weight is 337 g/mol. The van der Waals surface area contributed by atoms with Gasteiger partial charge in [0.25, 0.3) is 0 Å². The van der Waals surface area contributed by atoms with Crippen LogP contribution in [0.3, 0.4) is 0 Å². The van der Waals surface area contributed by atoms with E-state index < -0.39 is 6.67 Å². The van der Waals surface area contributed by atoms with Gasteiger partial charge in [-0.05, 0) is 19.9 Å². The minimum Gasteiger partial charge on any atom is -0.368 e. The Hall–Kier alpha value is -3.02. The highest BCUT2D eigenvalue weighted by Crippen LogP contribution is 2.24. The third kappa shape index (κ3) is 4.29. The quantitative estimate of drug-likeness (QED) is 0.690. The molecule has 5 nitrogen and oxygen atoms in total. The van der Waals surface area contributed by atoms with Gasteiger partial charge in [0.05, 0.1) is 0 Å². The van der Waals surface area contributed by atoms with Gasteiger partial charge in [-0.25, -0.2) is 14.4 Å². The summed E-state index contributed by atoms with van der Waals surface area (Å²) in [5.74, 6) is 1.91. The first-order chi connectivity index (χ1) is 12.2. The summed E-state index contributed by atoms with van der Waals surface area (Å²) in [6, 6.07) is 13.5. The highest BCUT2D eigenvalue weighted by atomic mass is 19.1. The van der Waals surface area contributed by atoms with Gasteiger partial charge >= 0.3 is 0 Å². The van der Waals surface area contributed by atoms with E-state index in [1.165, 1.54) is 6.20 Å². The molecule has 2 heterocycles. The van der Waals surface area contributed by atoms with Crippen LogP contribution in [0.5, 0.6) is 0 Å². The van der Waals surface area contributed by atoms with Crippen molar-refractivity contribution < 1.29 is 4.39 Å². The van der Waals surface area contributed by atoms with Gasteiger partial charge in [0.1, 0.15) is 18.3 Å². The van der Waals surface area contributed by atoms with E-state index in [-0.39, 0.29) is 6.04 Å². The van der Waals surface area contributed by atoms with Crippen LogP contribution in [0.1, 0.15) is 19.4 Å². The molecule has 0 aliphatic heterocycles. The molecule has 6 heteroatoms. The molecule has 0 fully saturated rings. The lowest BCUT2D eigenvalue weighted by atomic mass is 10.2. The zero-order valence-electron chi connectivity index (χ0n) is 14.2. The van der Waals surface area contributed by atoms with Gasteiger partial charge in [0.2, 0.25) is 0 Å². The molecule has 128 valence electrons. The molecule has 0 amide bonds. The standard InChI is InChI=1S/C19H20FN5/c1-13(2)22-17-10-18(23-16-8-9-21-12-15(16)11-20)25-19(24-17)14-6-4-3-5-7-14/h3-10,12-13H,11H2,1-2H3,(H2,21,22,23,24,25). The summed E-state index contributed by atoms with van der Waals surface area (Å²) in [5, 5.41) is 6.47. The monoisotopic (exact) mass is 337 g/mol. The van der Waals surface area contributed by atoms with Gasteiger partial charge in [-0.2, -0.15) is 0 Å². The normalized spacial score (nSPS) is 10.7. The number of benzene rings is 1. The van der Waals surface area contributed by atoms with Gasteiger partial charge < -0.3 is 10.6 Å². The Morgan fingerprint density at radius 3 is 2.52 bits per heavy atom. The molecular formula is C19H20FN5. The van der Waals surface area contributed by atoms with E-state index in [0.717, 1.165) is 5.56 Å². The Labute approximate surface area is 146 Å². The summed E-state index contributed by atoms with van der Waals surface area (Å²) in [4.78, 5) is 13.1. The molecule has 0 radical (unpaired) electrons. The molecular weight excluding hydrogens is 317 g/mol. The summed E-state index contributed by atoms with van der Waals surface area (Å²) < 4.78 is 13.2. The third-order valence-electron chi connectivity index (χ3n) is 3.50. The summed E-state index contributed by atoms with van der Waals surface area (Å²) in [7, 11) is 0. The zero-order chi connectivity index (χ0) is 17.6. The van der Waals surface area contributed by atoms with Crippen LogP contribution in [0.2, 0.25) is 0 Å². The maximum atomic E-state index is 13.2.